The van der Waals surface area contributed by atoms with Crippen LogP contribution in [0.2, 0.25) is 0 Å². The first-order chi connectivity index (χ1) is 8.31. The van der Waals surface area contributed by atoms with E-state index >= 15 is 0 Å². The SMILES string of the molecule is CCCCC1CCC(C(COCC)NC)CC1. The van der Waals surface area contributed by atoms with Crippen LogP contribution in [0.4, 0.5) is 0 Å². The summed E-state index contributed by atoms with van der Waals surface area (Å²) in [6.45, 7) is 6.10. The molecule has 1 unspecified atom stereocenters. The molecule has 2 heteroatoms. The first kappa shape index (κ1) is 15.0. The molecule has 0 spiro atoms. The molecule has 2 nitrogen and oxygen atoms in total. The molecule has 1 fully saturated rings. The van der Waals surface area contributed by atoms with E-state index in [-0.39, 0.29) is 0 Å². The zero-order valence-electron chi connectivity index (χ0n) is 12.0. The van der Waals surface area contributed by atoms with Crippen molar-refractivity contribution in [1.82, 2.24) is 5.32 Å². The van der Waals surface area contributed by atoms with E-state index in [1.54, 1.807) is 0 Å². The van der Waals surface area contributed by atoms with Crippen molar-refractivity contribution in [3.05, 3.63) is 0 Å². The monoisotopic (exact) mass is 241 g/mol. The van der Waals surface area contributed by atoms with Crippen LogP contribution in [0.25, 0.3) is 0 Å². The van der Waals surface area contributed by atoms with Crippen LogP contribution in [-0.4, -0.2) is 26.3 Å². The molecule has 102 valence electrons. The molecule has 1 aliphatic carbocycles. The van der Waals surface area contributed by atoms with Crippen LogP contribution >= 0.6 is 0 Å². The molecule has 0 saturated heterocycles. The maximum absolute atomic E-state index is 5.57. The van der Waals surface area contributed by atoms with Gasteiger partial charge in [-0.25, -0.2) is 0 Å². The summed E-state index contributed by atoms with van der Waals surface area (Å²) in [5.74, 6) is 1.85. The van der Waals surface area contributed by atoms with E-state index in [1.807, 2.05) is 0 Å². The molecule has 0 bridgehead atoms. The van der Waals surface area contributed by atoms with Gasteiger partial charge in [0.25, 0.3) is 0 Å². The van der Waals surface area contributed by atoms with Gasteiger partial charge in [-0.15, -0.1) is 0 Å². The highest BCUT2D eigenvalue weighted by atomic mass is 16.5. The van der Waals surface area contributed by atoms with Gasteiger partial charge in [-0.3, -0.25) is 0 Å². The van der Waals surface area contributed by atoms with E-state index in [0.29, 0.717) is 6.04 Å². The molecule has 1 rings (SSSR count). The number of unbranched alkanes of at least 4 members (excludes halogenated alkanes) is 1. The molecule has 0 aromatic carbocycles. The average Bonchev–Trinajstić information content (AvgIpc) is 2.38. The molecule has 0 aromatic rings. The standard InChI is InChI=1S/C15H31NO/c1-4-6-7-13-8-10-14(11-9-13)15(16-3)12-17-5-2/h13-16H,4-12H2,1-3H3. The van der Waals surface area contributed by atoms with Crippen LogP contribution in [0.15, 0.2) is 0 Å². The third kappa shape index (κ3) is 5.39. The van der Waals surface area contributed by atoms with Gasteiger partial charge in [0.1, 0.15) is 0 Å². The van der Waals surface area contributed by atoms with Crippen LogP contribution in [0.5, 0.6) is 0 Å². The van der Waals surface area contributed by atoms with Crippen molar-refractivity contribution < 1.29 is 4.74 Å². The molecule has 0 heterocycles. The second-order valence-corrected chi connectivity index (χ2v) is 5.48. The van der Waals surface area contributed by atoms with E-state index < -0.39 is 0 Å². The van der Waals surface area contributed by atoms with Gasteiger partial charge >= 0.3 is 0 Å². The Balaban J connectivity index is 2.24. The summed E-state index contributed by atoms with van der Waals surface area (Å²) in [7, 11) is 2.08. The van der Waals surface area contributed by atoms with Crippen LogP contribution in [0, 0.1) is 11.8 Å². The summed E-state index contributed by atoms with van der Waals surface area (Å²) in [6.07, 6.45) is 9.90. The van der Waals surface area contributed by atoms with Gasteiger partial charge in [-0.05, 0) is 38.6 Å². The second-order valence-electron chi connectivity index (χ2n) is 5.48. The van der Waals surface area contributed by atoms with Gasteiger partial charge in [0.05, 0.1) is 6.61 Å². The van der Waals surface area contributed by atoms with Crippen LogP contribution < -0.4 is 5.32 Å². The van der Waals surface area contributed by atoms with Crippen LogP contribution in [0.3, 0.4) is 0 Å². The third-order valence-electron chi connectivity index (χ3n) is 4.30. The quantitative estimate of drug-likeness (QED) is 0.701. The van der Waals surface area contributed by atoms with Crippen molar-refractivity contribution in [3.8, 4) is 0 Å². The van der Waals surface area contributed by atoms with Gasteiger partial charge in [0.15, 0.2) is 0 Å². The Hall–Kier alpha value is -0.0800. The van der Waals surface area contributed by atoms with Gasteiger partial charge in [-0.2, -0.15) is 0 Å². The van der Waals surface area contributed by atoms with E-state index in [4.69, 9.17) is 4.74 Å². The molecule has 0 aliphatic heterocycles. The van der Waals surface area contributed by atoms with E-state index in [9.17, 15) is 0 Å². The number of hydrogen-bond donors (Lipinski definition) is 1. The Morgan fingerprint density at radius 1 is 1.18 bits per heavy atom. The molecule has 1 atom stereocenters. The van der Waals surface area contributed by atoms with Gasteiger partial charge in [0.2, 0.25) is 0 Å². The predicted molar refractivity (Wildman–Crippen MR) is 74.3 cm³/mol. The minimum atomic E-state index is 0.571. The predicted octanol–water partition coefficient (Wildman–Crippen LogP) is 3.61. The maximum atomic E-state index is 5.57. The van der Waals surface area contributed by atoms with Crippen molar-refractivity contribution in [2.75, 3.05) is 20.3 Å². The van der Waals surface area contributed by atoms with Gasteiger partial charge < -0.3 is 10.1 Å². The number of hydrogen-bond acceptors (Lipinski definition) is 2. The highest BCUT2D eigenvalue weighted by Gasteiger charge is 2.26. The molecule has 0 aromatic heterocycles. The molecule has 1 N–H and O–H groups in total. The van der Waals surface area contributed by atoms with Crippen LogP contribution in [0.1, 0.15) is 58.8 Å². The van der Waals surface area contributed by atoms with Crippen LogP contribution in [-0.2, 0) is 4.74 Å². The average molecular weight is 241 g/mol. The van der Waals surface area contributed by atoms with Crippen molar-refractivity contribution in [2.24, 2.45) is 11.8 Å². The molecular weight excluding hydrogens is 210 g/mol. The summed E-state index contributed by atoms with van der Waals surface area (Å²) in [5, 5.41) is 3.44. The first-order valence-corrected chi connectivity index (χ1v) is 7.56. The highest BCUT2D eigenvalue weighted by molar-refractivity contribution is 4.81. The Morgan fingerprint density at radius 2 is 1.88 bits per heavy atom. The Morgan fingerprint density at radius 3 is 2.41 bits per heavy atom. The molecule has 17 heavy (non-hydrogen) atoms. The summed E-state index contributed by atoms with van der Waals surface area (Å²) in [5.41, 5.74) is 0. The third-order valence-corrected chi connectivity index (χ3v) is 4.30. The minimum absolute atomic E-state index is 0.571. The smallest absolute Gasteiger partial charge is 0.0622 e. The molecule has 1 aliphatic rings. The fourth-order valence-electron chi connectivity index (χ4n) is 3.07. The summed E-state index contributed by atoms with van der Waals surface area (Å²) >= 11 is 0. The fraction of sp³-hybridized carbons (Fsp3) is 1.00. The lowest BCUT2D eigenvalue weighted by atomic mass is 9.77. The van der Waals surface area contributed by atoms with Gasteiger partial charge in [-0.1, -0.05) is 39.0 Å². The lowest BCUT2D eigenvalue weighted by Crippen LogP contribution is -2.39. The highest BCUT2D eigenvalue weighted by Crippen LogP contribution is 2.33. The minimum Gasteiger partial charge on any atom is -0.380 e. The number of likely N-dealkylation sites (N-methyl/N-ethyl adjacent to an activating group) is 1. The molecular formula is C15H31NO. The topological polar surface area (TPSA) is 21.3 Å². The zero-order chi connectivity index (χ0) is 12.5. The maximum Gasteiger partial charge on any atom is 0.0622 e. The van der Waals surface area contributed by atoms with Crippen molar-refractivity contribution in [1.29, 1.82) is 0 Å². The molecule has 0 amide bonds. The largest absolute Gasteiger partial charge is 0.380 e. The van der Waals surface area contributed by atoms with E-state index in [0.717, 1.165) is 25.0 Å². The summed E-state index contributed by atoms with van der Waals surface area (Å²) in [4.78, 5) is 0. The lowest BCUT2D eigenvalue weighted by Gasteiger charge is -2.33. The Kier molecular flexibility index (Phi) is 7.87. The van der Waals surface area contributed by atoms with Crippen molar-refractivity contribution in [3.63, 3.8) is 0 Å². The zero-order valence-corrected chi connectivity index (χ0v) is 12.0. The fourth-order valence-corrected chi connectivity index (χ4v) is 3.07. The van der Waals surface area contributed by atoms with Crippen molar-refractivity contribution >= 4 is 0 Å². The van der Waals surface area contributed by atoms with Crippen molar-refractivity contribution in [2.45, 2.75) is 64.8 Å². The summed E-state index contributed by atoms with van der Waals surface area (Å²) in [6, 6.07) is 0.571. The molecule has 1 saturated carbocycles. The van der Waals surface area contributed by atoms with Gasteiger partial charge in [0, 0.05) is 12.6 Å². The Labute approximate surface area is 108 Å². The van der Waals surface area contributed by atoms with E-state index in [1.165, 1.54) is 44.9 Å². The number of rotatable bonds is 8. The lowest BCUT2D eigenvalue weighted by molar-refractivity contribution is 0.0898. The normalized spacial score (nSPS) is 27.0. The Bertz CT molecular complexity index is 176. The number of nitrogens with one attached hydrogen (secondary N) is 1. The second kappa shape index (κ2) is 8.93. The first-order valence-electron chi connectivity index (χ1n) is 7.56. The molecule has 0 radical (unpaired) electrons. The number of ether oxygens (including phenoxy) is 1. The van der Waals surface area contributed by atoms with E-state index in [2.05, 4.69) is 26.2 Å². The summed E-state index contributed by atoms with van der Waals surface area (Å²) < 4.78 is 5.57.